The Kier molecular flexibility index (Phi) is 6.93. The van der Waals surface area contributed by atoms with Gasteiger partial charge in [-0.3, -0.25) is 14.4 Å². The minimum atomic E-state index is -1.63. The lowest BCUT2D eigenvalue weighted by Crippen LogP contribution is -2.74. The Labute approximate surface area is 251 Å². The second-order valence-electron chi connectivity index (χ2n) is 16.1. The first-order valence-corrected chi connectivity index (χ1v) is 15.7. The van der Waals surface area contributed by atoms with Crippen molar-refractivity contribution in [3.05, 3.63) is 23.3 Å². The van der Waals surface area contributed by atoms with Crippen molar-refractivity contribution in [1.82, 2.24) is 4.90 Å². The highest BCUT2D eigenvalue weighted by atomic mass is 16.5. The summed E-state index contributed by atoms with van der Waals surface area (Å²) in [6.07, 6.45) is 8.58. The van der Waals surface area contributed by atoms with E-state index in [1.165, 1.54) is 0 Å². The standard InChI is InChI=1S/C35H50N2O5/c1-29(2)23-10-11-33(6)24(32(23,5)19-22(21-36)27(29)39)18-26(38)35(41)25-20-31(4,28(40)37(8)16-17-42-9)13-12-30(25,3)14-15-34(33,35)7/h18-19,23,25,41H,10-17,20H2,1-9H3. The van der Waals surface area contributed by atoms with E-state index in [-0.39, 0.29) is 40.3 Å². The number of hydrogen-bond donors (Lipinski definition) is 1. The zero-order chi connectivity index (χ0) is 31.3. The molecule has 0 spiro atoms. The van der Waals surface area contributed by atoms with Crippen LogP contribution in [0.3, 0.4) is 0 Å². The number of ketones is 2. The lowest BCUT2D eigenvalue weighted by Gasteiger charge is -2.71. The van der Waals surface area contributed by atoms with Gasteiger partial charge in [-0.05, 0) is 73.3 Å². The Morgan fingerprint density at radius 1 is 1.05 bits per heavy atom. The third-order valence-corrected chi connectivity index (χ3v) is 13.7. The zero-order valence-electron chi connectivity index (χ0n) is 27.1. The predicted molar refractivity (Wildman–Crippen MR) is 160 cm³/mol. The molecule has 0 saturated heterocycles. The first-order chi connectivity index (χ1) is 19.3. The van der Waals surface area contributed by atoms with Crippen LogP contribution in [0.1, 0.15) is 93.4 Å². The van der Waals surface area contributed by atoms with Crippen molar-refractivity contribution in [2.75, 3.05) is 27.3 Å². The van der Waals surface area contributed by atoms with Gasteiger partial charge >= 0.3 is 0 Å². The second-order valence-corrected chi connectivity index (χ2v) is 16.1. The Morgan fingerprint density at radius 3 is 2.31 bits per heavy atom. The maximum atomic E-state index is 14.6. The minimum Gasteiger partial charge on any atom is -0.383 e. The van der Waals surface area contributed by atoms with Crippen LogP contribution in [0.2, 0.25) is 0 Å². The number of carbonyl (C=O) groups is 3. The van der Waals surface area contributed by atoms with Gasteiger partial charge in [-0.15, -0.1) is 0 Å². The van der Waals surface area contributed by atoms with Crippen LogP contribution in [0, 0.1) is 55.7 Å². The number of ether oxygens (including phenoxy) is 1. The number of amides is 1. The molecule has 8 atom stereocenters. The number of rotatable bonds is 4. The SMILES string of the molecule is COCCN(C)C(=O)C1(C)CCC2(C)CCC3(C)C4(C)CCC5C(C)(C)C(=O)C(C#N)=CC5(C)C4=CC(=O)C3(O)C2C1. The molecule has 0 aliphatic heterocycles. The van der Waals surface area contributed by atoms with Crippen LogP contribution in [-0.2, 0) is 19.1 Å². The maximum absolute atomic E-state index is 14.6. The molecular weight excluding hydrogens is 528 g/mol. The highest BCUT2D eigenvalue weighted by Gasteiger charge is 2.75. The molecule has 0 heterocycles. The summed E-state index contributed by atoms with van der Waals surface area (Å²) in [5, 5.41) is 23.0. The summed E-state index contributed by atoms with van der Waals surface area (Å²) in [4.78, 5) is 43.4. The average molecular weight is 579 g/mol. The molecule has 3 fully saturated rings. The largest absolute Gasteiger partial charge is 0.383 e. The second kappa shape index (κ2) is 9.35. The normalized spacial score (nSPS) is 45.7. The third-order valence-electron chi connectivity index (χ3n) is 13.7. The van der Waals surface area contributed by atoms with Crippen molar-refractivity contribution in [3.8, 4) is 6.07 Å². The fourth-order valence-corrected chi connectivity index (χ4v) is 10.7. The monoisotopic (exact) mass is 578 g/mol. The van der Waals surface area contributed by atoms with Crippen LogP contribution in [0.5, 0.6) is 0 Å². The van der Waals surface area contributed by atoms with Gasteiger partial charge < -0.3 is 14.7 Å². The van der Waals surface area contributed by atoms with E-state index in [0.717, 1.165) is 37.7 Å². The van der Waals surface area contributed by atoms with Crippen molar-refractivity contribution in [1.29, 1.82) is 5.26 Å². The van der Waals surface area contributed by atoms with Crippen LogP contribution in [-0.4, -0.2) is 60.4 Å². The molecule has 5 aliphatic carbocycles. The first-order valence-electron chi connectivity index (χ1n) is 15.7. The van der Waals surface area contributed by atoms with E-state index in [9.17, 15) is 24.8 Å². The summed E-state index contributed by atoms with van der Waals surface area (Å²) >= 11 is 0. The van der Waals surface area contributed by atoms with Gasteiger partial charge in [0, 0.05) is 48.3 Å². The van der Waals surface area contributed by atoms with E-state index in [1.807, 2.05) is 26.8 Å². The van der Waals surface area contributed by atoms with E-state index in [1.54, 1.807) is 25.1 Å². The van der Waals surface area contributed by atoms with Gasteiger partial charge in [0.05, 0.1) is 12.2 Å². The van der Waals surface area contributed by atoms with Gasteiger partial charge in [-0.2, -0.15) is 5.26 Å². The fourth-order valence-electron chi connectivity index (χ4n) is 10.7. The quantitative estimate of drug-likeness (QED) is 0.477. The minimum absolute atomic E-state index is 0.0412. The number of hydrogen-bond acceptors (Lipinski definition) is 6. The number of likely N-dealkylation sites (N-methyl/N-ethyl adjacent to an activating group) is 1. The highest BCUT2D eigenvalue weighted by Crippen LogP contribution is 2.75. The van der Waals surface area contributed by atoms with Gasteiger partial charge in [-0.1, -0.05) is 54.5 Å². The molecule has 42 heavy (non-hydrogen) atoms. The zero-order valence-corrected chi connectivity index (χ0v) is 27.1. The van der Waals surface area contributed by atoms with Gasteiger partial charge in [-0.25, -0.2) is 0 Å². The molecular formula is C35H50N2O5. The lowest BCUT2D eigenvalue weighted by molar-refractivity contribution is -0.243. The number of nitrogens with zero attached hydrogens (tertiary/aromatic N) is 2. The van der Waals surface area contributed by atoms with E-state index < -0.39 is 32.7 Å². The number of allylic oxidation sites excluding steroid dienone is 3. The molecule has 1 amide bonds. The molecule has 0 radical (unpaired) electrons. The smallest absolute Gasteiger partial charge is 0.228 e. The van der Waals surface area contributed by atoms with Gasteiger partial charge in [0.1, 0.15) is 11.7 Å². The Bertz CT molecular complexity index is 1340. The van der Waals surface area contributed by atoms with Crippen LogP contribution < -0.4 is 0 Å². The summed E-state index contributed by atoms with van der Waals surface area (Å²) < 4.78 is 5.21. The van der Waals surface area contributed by atoms with Crippen molar-refractivity contribution < 1.29 is 24.2 Å². The number of nitriles is 1. The van der Waals surface area contributed by atoms with Gasteiger partial charge in [0.2, 0.25) is 5.91 Å². The molecule has 5 aliphatic rings. The van der Waals surface area contributed by atoms with Gasteiger partial charge in [0.25, 0.3) is 0 Å². The summed E-state index contributed by atoms with van der Waals surface area (Å²) in [5.41, 5.74) is -4.14. The van der Waals surface area contributed by atoms with E-state index in [4.69, 9.17) is 4.74 Å². The topological polar surface area (TPSA) is 108 Å². The number of aliphatic hydroxyl groups is 1. The van der Waals surface area contributed by atoms with Gasteiger partial charge in [0.15, 0.2) is 11.6 Å². The van der Waals surface area contributed by atoms with E-state index in [2.05, 4.69) is 33.8 Å². The van der Waals surface area contributed by atoms with Crippen molar-refractivity contribution in [2.24, 2.45) is 44.3 Å². The predicted octanol–water partition coefficient (Wildman–Crippen LogP) is 5.43. The van der Waals surface area contributed by atoms with Crippen molar-refractivity contribution in [2.45, 2.75) is 99.0 Å². The number of carbonyl (C=O) groups excluding carboxylic acids is 3. The van der Waals surface area contributed by atoms with Crippen LogP contribution >= 0.6 is 0 Å². The summed E-state index contributed by atoms with van der Waals surface area (Å²) in [6, 6.07) is 2.15. The number of fused-ring (bicyclic) bond motifs is 7. The molecule has 0 bridgehead atoms. The Hall–Kier alpha value is -2.30. The Balaban J connectivity index is 1.64. The average Bonchev–Trinajstić information content (AvgIpc) is 2.93. The summed E-state index contributed by atoms with van der Waals surface area (Å²) in [6.45, 7) is 15.4. The van der Waals surface area contributed by atoms with E-state index >= 15 is 0 Å². The molecule has 3 saturated carbocycles. The molecule has 8 unspecified atom stereocenters. The third kappa shape index (κ3) is 3.67. The van der Waals surface area contributed by atoms with Crippen molar-refractivity contribution >= 4 is 17.5 Å². The number of methoxy groups -OCH3 is 1. The molecule has 0 aromatic heterocycles. The molecule has 7 heteroatoms. The molecule has 0 aromatic rings. The number of Topliss-reactive ketones (excluding diaryl/α,β-unsaturated/α-hetero) is 1. The molecule has 7 nitrogen and oxygen atoms in total. The maximum Gasteiger partial charge on any atom is 0.228 e. The molecule has 5 rings (SSSR count). The van der Waals surface area contributed by atoms with E-state index in [0.29, 0.717) is 26.0 Å². The fraction of sp³-hybridized carbons (Fsp3) is 0.771. The Morgan fingerprint density at radius 2 is 1.69 bits per heavy atom. The summed E-state index contributed by atoms with van der Waals surface area (Å²) in [7, 11) is 3.43. The first kappa shape index (κ1) is 31.1. The van der Waals surface area contributed by atoms with Crippen LogP contribution in [0.4, 0.5) is 0 Å². The molecule has 0 aromatic carbocycles. The van der Waals surface area contributed by atoms with Crippen LogP contribution in [0.25, 0.3) is 0 Å². The summed E-state index contributed by atoms with van der Waals surface area (Å²) in [5.74, 6) is -0.787. The molecule has 1 N–H and O–H groups in total. The van der Waals surface area contributed by atoms with Crippen LogP contribution in [0.15, 0.2) is 23.3 Å². The molecule has 230 valence electrons. The highest BCUT2D eigenvalue weighted by molar-refractivity contribution is 6.05. The van der Waals surface area contributed by atoms with Crippen molar-refractivity contribution in [3.63, 3.8) is 0 Å². The lowest BCUT2D eigenvalue weighted by atomic mass is 9.33.